The first kappa shape index (κ1) is 6.28. The van der Waals surface area contributed by atoms with Crippen LogP contribution < -0.4 is 0 Å². The Balaban J connectivity index is 3.79. The summed E-state index contributed by atoms with van der Waals surface area (Å²) in [6, 6.07) is 0. The standard InChI is InChI=1S/C6H9O/c1-5(7)6(2,3)4/h1-3H2,4H3/q+1/p+1. The SMILES string of the molecule is C=C(O)C([CH2+])([CH2+])C. The van der Waals surface area contributed by atoms with Gasteiger partial charge in [-0.25, -0.2) is 0 Å². The molecule has 7 heavy (non-hydrogen) atoms. The van der Waals surface area contributed by atoms with Gasteiger partial charge >= 0.3 is 0 Å². The van der Waals surface area contributed by atoms with E-state index in [4.69, 9.17) is 5.11 Å². The maximum absolute atomic E-state index is 8.57. The lowest BCUT2D eigenvalue weighted by atomic mass is 9.95. The lowest BCUT2D eigenvalue weighted by Gasteiger charge is -1.98. The Morgan fingerprint density at radius 3 is 1.86 bits per heavy atom. The average Bonchev–Trinajstić information content (AvgIpc) is 1.31. The fourth-order valence-corrected chi connectivity index (χ4v) is 0. The van der Waals surface area contributed by atoms with Crippen molar-refractivity contribution in [3.8, 4) is 0 Å². The predicted octanol–water partition coefficient (Wildman–Crippen LogP) is 1.73. The van der Waals surface area contributed by atoms with E-state index in [1.807, 2.05) is 0 Å². The van der Waals surface area contributed by atoms with Gasteiger partial charge in [-0.15, -0.1) is 0 Å². The largest absolute Gasteiger partial charge is 0.504 e. The van der Waals surface area contributed by atoms with Gasteiger partial charge in [0.2, 0.25) is 0 Å². The third-order valence-electron chi connectivity index (χ3n) is 0.697. The molecule has 0 unspecified atom stereocenters. The van der Waals surface area contributed by atoms with Crippen molar-refractivity contribution >= 4 is 0 Å². The second-order valence-corrected chi connectivity index (χ2v) is 2.01. The van der Waals surface area contributed by atoms with Crippen molar-refractivity contribution in [2.24, 2.45) is 5.41 Å². The molecule has 0 fully saturated rings. The molecular formula is C6H10O+2. The van der Waals surface area contributed by atoms with E-state index in [1.54, 1.807) is 6.92 Å². The molecular weight excluding hydrogens is 88.1 g/mol. The zero-order chi connectivity index (χ0) is 6.08. The average molecular weight is 98.1 g/mol. The van der Waals surface area contributed by atoms with E-state index in [1.165, 1.54) is 0 Å². The zero-order valence-electron chi connectivity index (χ0n) is 4.57. The van der Waals surface area contributed by atoms with E-state index in [0.717, 1.165) is 0 Å². The molecule has 0 radical (unpaired) electrons. The Hall–Kier alpha value is -0.720. The van der Waals surface area contributed by atoms with Crippen LogP contribution in [-0.2, 0) is 0 Å². The first-order valence-corrected chi connectivity index (χ1v) is 2.03. The van der Waals surface area contributed by atoms with Gasteiger partial charge in [0.15, 0.2) is 5.76 Å². The number of allylic oxidation sites excluding steroid dienone is 1. The normalized spacial score (nSPS) is 11.0. The van der Waals surface area contributed by atoms with Crippen LogP contribution in [0.1, 0.15) is 6.92 Å². The Morgan fingerprint density at radius 2 is 1.86 bits per heavy atom. The van der Waals surface area contributed by atoms with Crippen LogP contribution in [0, 0.1) is 19.3 Å². The van der Waals surface area contributed by atoms with Crippen molar-refractivity contribution in [3.63, 3.8) is 0 Å². The summed E-state index contributed by atoms with van der Waals surface area (Å²) in [7, 11) is 0. The molecule has 0 saturated carbocycles. The van der Waals surface area contributed by atoms with Gasteiger partial charge in [-0.05, 0) is 0 Å². The van der Waals surface area contributed by atoms with Gasteiger partial charge in [-0.3, -0.25) is 0 Å². The number of aliphatic hydroxyl groups excluding tert-OH is 1. The number of rotatable bonds is 1. The molecule has 0 spiro atoms. The molecule has 0 saturated heterocycles. The molecule has 0 bridgehead atoms. The summed E-state index contributed by atoms with van der Waals surface area (Å²) in [6.07, 6.45) is 0. The summed E-state index contributed by atoms with van der Waals surface area (Å²) in [5, 5.41) is 8.57. The molecule has 0 aromatic heterocycles. The molecule has 0 heterocycles. The summed E-state index contributed by atoms with van der Waals surface area (Å²) in [4.78, 5) is 0. The summed E-state index contributed by atoms with van der Waals surface area (Å²) >= 11 is 0. The van der Waals surface area contributed by atoms with Crippen LogP contribution in [0.3, 0.4) is 0 Å². The van der Waals surface area contributed by atoms with Gasteiger partial charge in [0.05, 0.1) is 0 Å². The van der Waals surface area contributed by atoms with Crippen LogP contribution in [0.5, 0.6) is 0 Å². The van der Waals surface area contributed by atoms with Crippen LogP contribution in [-0.4, -0.2) is 5.11 Å². The van der Waals surface area contributed by atoms with Crippen molar-refractivity contribution in [2.45, 2.75) is 6.92 Å². The van der Waals surface area contributed by atoms with Crippen molar-refractivity contribution < 1.29 is 5.11 Å². The molecule has 0 atom stereocenters. The maximum atomic E-state index is 8.57. The highest BCUT2D eigenvalue weighted by Crippen LogP contribution is 2.18. The minimum atomic E-state index is -0.639. The third kappa shape index (κ3) is 2.04. The maximum Gasteiger partial charge on any atom is 0.283 e. The van der Waals surface area contributed by atoms with Gasteiger partial charge in [0, 0.05) is 6.92 Å². The topological polar surface area (TPSA) is 20.2 Å². The van der Waals surface area contributed by atoms with Crippen LogP contribution in [0.15, 0.2) is 12.3 Å². The van der Waals surface area contributed by atoms with E-state index < -0.39 is 5.41 Å². The van der Waals surface area contributed by atoms with Crippen LogP contribution in [0.4, 0.5) is 0 Å². The molecule has 1 N–H and O–H groups in total. The van der Waals surface area contributed by atoms with Gasteiger partial charge in [0.25, 0.3) is 5.41 Å². The molecule has 0 aliphatic carbocycles. The molecule has 0 aliphatic rings. The Kier molecular flexibility index (Phi) is 1.27. The molecule has 1 nitrogen and oxygen atoms in total. The first-order valence-electron chi connectivity index (χ1n) is 2.03. The molecule has 1 heteroatoms. The highest BCUT2D eigenvalue weighted by atomic mass is 16.3. The zero-order valence-corrected chi connectivity index (χ0v) is 4.57. The summed E-state index contributed by atoms with van der Waals surface area (Å²) in [5.41, 5.74) is -0.639. The Bertz CT molecular complexity index is 76.7. The lowest BCUT2D eigenvalue weighted by Crippen LogP contribution is -2.07. The minimum Gasteiger partial charge on any atom is -0.504 e. The molecule has 0 rings (SSSR count). The predicted molar refractivity (Wildman–Crippen MR) is 30.6 cm³/mol. The lowest BCUT2D eigenvalue weighted by molar-refractivity contribution is 0.324. The molecule has 0 amide bonds. The number of hydrogen-bond acceptors (Lipinski definition) is 1. The second-order valence-electron chi connectivity index (χ2n) is 2.01. The third-order valence-corrected chi connectivity index (χ3v) is 0.697. The van der Waals surface area contributed by atoms with Gasteiger partial charge in [-0.1, -0.05) is 6.58 Å². The van der Waals surface area contributed by atoms with E-state index in [2.05, 4.69) is 20.4 Å². The summed E-state index contributed by atoms with van der Waals surface area (Å²) in [5.74, 6) is 0.0208. The summed E-state index contributed by atoms with van der Waals surface area (Å²) < 4.78 is 0. The van der Waals surface area contributed by atoms with E-state index in [-0.39, 0.29) is 5.76 Å². The van der Waals surface area contributed by atoms with Crippen LogP contribution in [0.25, 0.3) is 0 Å². The number of aliphatic hydroxyl groups is 1. The Morgan fingerprint density at radius 1 is 1.71 bits per heavy atom. The minimum absolute atomic E-state index is 0.0208. The van der Waals surface area contributed by atoms with Crippen molar-refractivity contribution in [2.75, 3.05) is 0 Å². The van der Waals surface area contributed by atoms with Gasteiger partial charge in [-0.2, -0.15) is 0 Å². The monoisotopic (exact) mass is 98.1 g/mol. The number of hydrogen-bond donors (Lipinski definition) is 1. The first-order chi connectivity index (χ1) is 2.94. The van der Waals surface area contributed by atoms with E-state index >= 15 is 0 Å². The molecule has 0 aromatic carbocycles. The van der Waals surface area contributed by atoms with Crippen molar-refractivity contribution in [1.29, 1.82) is 0 Å². The fourth-order valence-electron chi connectivity index (χ4n) is 0. The van der Waals surface area contributed by atoms with Gasteiger partial charge in [0.1, 0.15) is 13.8 Å². The highest BCUT2D eigenvalue weighted by Gasteiger charge is 2.30. The van der Waals surface area contributed by atoms with Crippen LogP contribution >= 0.6 is 0 Å². The fraction of sp³-hybridized carbons (Fsp3) is 0.333. The summed E-state index contributed by atoms with van der Waals surface area (Å²) in [6.45, 7) is 12.0. The highest BCUT2D eigenvalue weighted by molar-refractivity contribution is 5.02. The van der Waals surface area contributed by atoms with Crippen molar-refractivity contribution in [1.82, 2.24) is 0 Å². The molecule has 0 aromatic rings. The quantitative estimate of drug-likeness (QED) is 0.391. The molecule has 38 valence electrons. The smallest absolute Gasteiger partial charge is 0.283 e. The van der Waals surface area contributed by atoms with E-state index in [0.29, 0.717) is 0 Å². The van der Waals surface area contributed by atoms with Crippen molar-refractivity contribution in [3.05, 3.63) is 26.2 Å². The van der Waals surface area contributed by atoms with E-state index in [9.17, 15) is 0 Å². The second kappa shape index (κ2) is 1.41. The molecule has 0 aliphatic heterocycles. The Labute approximate surface area is 44.7 Å². The van der Waals surface area contributed by atoms with Crippen LogP contribution in [0.2, 0.25) is 0 Å². The van der Waals surface area contributed by atoms with Gasteiger partial charge < -0.3 is 5.11 Å².